The molecule has 112 valence electrons. The predicted octanol–water partition coefficient (Wildman–Crippen LogP) is 3.17. The normalized spacial score (nSPS) is 14.0. The molecular formula is C14H20F3N3. The van der Waals surface area contributed by atoms with Gasteiger partial charge in [0.25, 0.3) is 0 Å². The smallest absolute Gasteiger partial charge is 0.354 e. The molecule has 2 N–H and O–H groups in total. The van der Waals surface area contributed by atoms with Crippen LogP contribution in [0.4, 0.5) is 13.2 Å². The molecule has 6 heteroatoms. The van der Waals surface area contributed by atoms with Gasteiger partial charge in [-0.15, -0.1) is 0 Å². The lowest BCUT2D eigenvalue weighted by Gasteiger charge is -2.16. The number of nitrogens with one attached hydrogen (secondary N) is 2. The van der Waals surface area contributed by atoms with E-state index in [0.29, 0.717) is 12.5 Å². The molecule has 0 bridgehead atoms. The quantitative estimate of drug-likeness (QED) is 0.659. The second-order valence-corrected chi connectivity index (χ2v) is 4.57. The molecule has 0 aliphatic carbocycles. The Kier molecular flexibility index (Phi) is 5.85. The lowest BCUT2D eigenvalue weighted by molar-refractivity contribution is -0.137. The van der Waals surface area contributed by atoms with Gasteiger partial charge in [-0.25, -0.2) is 0 Å². The van der Waals surface area contributed by atoms with E-state index in [1.807, 2.05) is 6.92 Å². The number of hydrogen-bond acceptors (Lipinski definition) is 1. The molecule has 1 unspecified atom stereocenters. The van der Waals surface area contributed by atoms with Gasteiger partial charge in [0.05, 0.1) is 5.56 Å². The third-order valence-corrected chi connectivity index (χ3v) is 2.96. The Bertz CT molecular complexity index is 438. The van der Waals surface area contributed by atoms with E-state index < -0.39 is 11.7 Å². The molecular weight excluding hydrogens is 267 g/mol. The number of hydrogen-bond donors (Lipinski definition) is 2. The monoisotopic (exact) mass is 287 g/mol. The number of guanidine groups is 1. The topological polar surface area (TPSA) is 36.4 Å². The molecule has 1 atom stereocenters. The first-order valence-electron chi connectivity index (χ1n) is 6.50. The molecule has 0 amide bonds. The highest BCUT2D eigenvalue weighted by atomic mass is 19.4. The van der Waals surface area contributed by atoms with Crippen LogP contribution in [0.25, 0.3) is 0 Å². The molecule has 0 aromatic heterocycles. The summed E-state index contributed by atoms with van der Waals surface area (Å²) in [5.74, 6) is 0.638. The van der Waals surface area contributed by atoms with Crippen LogP contribution in [0.3, 0.4) is 0 Å². The third kappa shape index (κ3) is 5.11. The molecule has 0 aliphatic heterocycles. The third-order valence-electron chi connectivity index (χ3n) is 2.96. The zero-order valence-electron chi connectivity index (χ0n) is 11.9. The second kappa shape index (κ2) is 7.17. The van der Waals surface area contributed by atoms with Crippen molar-refractivity contribution in [1.29, 1.82) is 0 Å². The fourth-order valence-electron chi connectivity index (χ4n) is 1.53. The fraction of sp³-hybridized carbons (Fsp3) is 0.500. The van der Waals surface area contributed by atoms with Gasteiger partial charge in [0.2, 0.25) is 0 Å². The van der Waals surface area contributed by atoms with Crippen LogP contribution in [-0.2, 0) is 12.7 Å². The van der Waals surface area contributed by atoms with E-state index in [-0.39, 0.29) is 6.04 Å². The first kappa shape index (κ1) is 16.3. The summed E-state index contributed by atoms with van der Waals surface area (Å²) in [6, 6.07) is 5.39. The lowest BCUT2D eigenvalue weighted by atomic mass is 10.1. The highest BCUT2D eigenvalue weighted by molar-refractivity contribution is 5.79. The van der Waals surface area contributed by atoms with Crippen LogP contribution in [0.15, 0.2) is 29.3 Å². The van der Waals surface area contributed by atoms with Gasteiger partial charge in [0.1, 0.15) is 0 Å². The van der Waals surface area contributed by atoms with E-state index in [4.69, 9.17) is 0 Å². The highest BCUT2D eigenvalue weighted by Crippen LogP contribution is 2.28. The molecule has 0 saturated heterocycles. The Labute approximate surface area is 117 Å². The van der Waals surface area contributed by atoms with Crippen LogP contribution < -0.4 is 10.6 Å². The minimum atomic E-state index is -4.29. The van der Waals surface area contributed by atoms with Gasteiger partial charge >= 0.3 is 6.18 Å². The van der Waals surface area contributed by atoms with Crippen LogP contribution in [-0.4, -0.2) is 19.0 Å². The Morgan fingerprint density at radius 3 is 2.30 bits per heavy atom. The van der Waals surface area contributed by atoms with Gasteiger partial charge in [-0.3, -0.25) is 4.99 Å². The van der Waals surface area contributed by atoms with Crippen molar-refractivity contribution in [3.8, 4) is 0 Å². The zero-order valence-corrected chi connectivity index (χ0v) is 11.9. The van der Waals surface area contributed by atoms with Crippen molar-refractivity contribution in [3.63, 3.8) is 0 Å². The second-order valence-electron chi connectivity index (χ2n) is 4.57. The van der Waals surface area contributed by atoms with Crippen molar-refractivity contribution in [2.24, 2.45) is 4.99 Å². The van der Waals surface area contributed by atoms with E-state index >= 15 is 0 Å². The summed E-state index contributed by atoms with van der Waals surface area (Å²) in [7, 11) is 1.66. The molecule has 0 aliphatic rings. The fourth-order valence-corrected chi connectivity index (χ4v) is 1.53. The van der Waals surface area contributed by atoms with Crippen molar-refractivity contribution in [3.05, 3.63) is 35.4 Å². The van der Waals surface area contributed by atoms with E-state index in [1.54, 1.807) is 7.05 Å². The van der Waals surface area contributed by atoms with E-state index in [2.05, 4.69) is 22.5 Å². The maximum absolute atomic E-state index is 12.4. The van der Waals surface area contributed by atoms with Gasteiger partial charge in [0.15, 0.2) is 5.96 Å². The summed E-state index contributed by atoms with van der Waals surface area (Å²) in [5, 5.41) is 6.25. The summed E-state index contributed by atoms with van der Waals surface area (Å²) in [6.07, 6.45) is -3.33. The van der Waals surface area contributed by atoms with Crippen LogP contribution >= 0.6 is 0 Å². The largest absolute Gasteiger partial charge is 0.416 e. The average Bonchev–Trinajstić information content (AvgIpc) is 2.42. The van der Waals surface area contributed by atoms with Gasteiger partial charge in [-0.05, 0) is 31.0 Å². The molecule has 0 spiro atoms. The van der Waals surface area contributed by atoms with Crippen molar-refractivity contribution in [1.82, 2.24) is 10.6 Å². The zero-order chi connectivity index (χ0) is 15.2. The van der Waals surface area contributed by atoms with Crippen LogP contribution in [0.2, 0.25) is 0 Å². The summed E-state index contributed by atoms with van der Waals surface area (Å²) >= 11 is 0. The molecule has 3 nitrogen and oxygen atoms in total. The van der Waals surface area contributed by atoms with E-state index in [9.17, 15) is 13.2 Å². The Morgan fingerprint density at radius 1 is 1.25 bits per heavy atom. The van der Waals surface area contributed by atoms with Crippen molar-refractivity contribution >= 4 is 5.96 Å². The average molecular weight is 287 g/mol. The Morgan fingerprint density at radius 2 is 1.85 bits per heavy atom. The molecule has 0 fully saturated rings. The molecule has 1 aromatic rings. The molecule has 0 heterocycles. The summed E-state index contributed by atoms with van der Waals surface area (Å²) in [6.45, 7) is 4.51. The molecule has 1 rings (SSSR count). The summed E-state index contributed by atoms with van der Waals surface area (Å²) in [4.78, 5) is 4.06. The first-order valence-corrected chi connectivity index (χ1v) is 6.50. The maximum Gasteiger partial charge on any atom is 0.416 e. The maximum atomic E-state index is 12.4. The number of benzene rings is 1. The molecule has 1 aromatic carbocycles. The Balaban J connectivity index is 2.57. The van der Waals surface area contributed by atoms with E-state index in [0.717, 1.165) is 24.1 Å². The predicted molar refractivity (Wildman–Crippen MR) is 74.5 cm³/mol. The number of nitrogens with zero attached hydrogens (tertiary/aromatic N) is 1. The number of alkyl halides is 3. The SMILES string of the molecule is CCC(C)NC(=NC)NCc1ccc(C(F)(F)F)cc1. The summed E-state index contributed by atoms with van der Waals surface area (Å²) in [5.41, 5.74) is 0.133. The number of rotatable bonds is 4. The minimum Gasteiger partial charge on any atom is -0.354 e. The van der Waals surface area contributed by atoms with Crippen LogP contribution in [0, 0.1) is 0 Å². The van der Waals surface area contributed by atoms with Crippen LogP contribution in [0.1, 0.15) is 31.4 Å². The van der Waals surface area contributed by atoms with E-state index in [1.165, 1.54) is 12.1 Å². The van der Waals surface area contributed by atoms with Crippen LogP contribution in [0.5, 0.6) is 0 Å². The summed E-state index contributed by atoms with van der Waals surface area (Å²) < 4.78 is 37.3. The van der Waals surface area contributed by atoms with Gasteiger partial charge in [-0.2, -0.15) is 13.2 Å². The van der Waals surface area contributed by atoms with Gasteiger partial charge in [-0.1, -0.05) is 19.1 Å². The van der Waals surface area contributed by atoms with Crippen molar-refractivity contribution in [2.75, 3.05) is 7.05 Å². The van der Waals surface area contributed by atoms with Gasteiger partial charge < -0.3 is 10.6 Å². The molecule has 0 radical (unpaired) electrons. The first-order chi connectivity index (χ1) is 9.36. The van der Waals surface area contributed by atoms with Crippen molar-refractivity contribution < 1.29 is 13.2 Å². The van der Waals surface area contributed by atoms with Gasteiger partial charge in [0, 0.05) is 19.6 Å². The Hall–Kier alpha value is -1.72. The molecule has 20 heavy (non-hydrogen) atoms. The lowest BCUT2D eigenvalue weighted by Crippen LogP contribution is -2.41. The molecule has 0 saturated carbocycles. The standard InChI is InChI=1S/C14H20F3N3/c1-4-10(2)20-13(18-3)19-9-11-5-7-12(8-6-11)14(15,16)17/h5-8,10H,4,9H2,1-3H3,(H2,18,19,20). The highest BCUT2D eigenvalue weighted by Gasteiger charge is 2.29. The number of aliphatic imine (C=N–C) groups is 1. The minimum absolute atomic E-state index is 0.286. The number of halogens is 3. The van der Waals surface area contributed by atoms with Crippen molar-refractivity contribution in [2.45, 2.75) is 39.0 Å².